The lowest BCUT2D eigenvalue weighted by Crippen LogP contribution is -2.43. The standard InChI is InChI=1S/C31H42N8O3/c1-20-16-23(10-11-24(20)32-30(41)34-28-18-26(42-37-28)31(2,3)4)25-17-27(36-35-25)33-29(40)22-8-6-21(7-9-22)19-39-14-12-38(5)13-15-39/h6-11,16-17,26,28,37H,12-15,18-19H2,1-5H3,(H2,32,34,41)(H2,33,35,36,40)/t26-,28-/m1/s1. The normalized spacial score (nSPS) is 19.9. The molecule has 2 aromatic carbocycles. The van der Waals surface area contributed by atoms with Gasteiger partial charge in [0.25, 0.3) is 5.91 Å². The van der Waals surface area contributed by atoms with Crippen LogP contribution in [-0.2, 0) is 11.4 Å². The summed E-state index contributed by atoms with van der Waals surface area (Å²) in [6.45, 7) is 13.4. The monoisotopic (exact) mass is 574 g/mol. The van der Waals surface area contributed by atoms with Crippen molar-refractivity contribution in [2.75, 3.05) is 43.9 Å². The van der Waals surface area contributed by atoms with E-state index in [2.05, 4.69) is 69.2 Å². The van der Waals surface area contributed by atoms with Crippen LogP contribution in [0.3, 0.4) is 0 Å². The molecule has 2 aliphatic heterocycles. The number of hydrogen-bond donors (Lipinski definition) is 5. The maximum absolute atomic E-state index is 12.8. The quantitative estimate of drug-likeness (QED) is 0.287. The van der Waals surface area contributed by atoms with Crippen molar-refractivity contribution >= 4 is 23.4 Å². The Morgan fingerprint density at radius 3 is 2.43 bits per heavy atom. The average molecular weight is 575 g/mol. The van der Waals surface area contributed by atoms with Gasteiger partial charge in [-0.1, -0.05) is 39.0 Å². The van der Waals surface area contributed by atoms with Crippen molar-refractivity contribution in [1.29, 1.82) is 0 Å². The van der Waals surface area contributed by atoms with Crippen LogP contribution in [0.1, 0.15) is 48.7 Å². The second-order valence-corrected chi connectivity index (χ2v) is 12.4. The van der Waals surface area contributed by atoms with Gasteiger partial charge in [0.15, 0.2) is 5.82 Å². The summed E-state index contributed by atoms with van der Waals surface area (Å²) in [6.07, 6.45) is 0.452. The summed E-state index contributed by atoms with van der Waals surface area (Å²) in [5, 5.41) is 16.0. The highest BCUT2D eigenvalue weighted by molar-refractivity contribution is 6.04. The first kappa shape index (κ1) is 29.7. The molecule has 5 rings (SSSR count). The number of urea groups is 1. The summed E-state index contributed by atoms with van der Waals surface area (Å²) in [5.74, 6) is 0.229. The van der Waals surface area contributed by atoms with E-state index in [1.54, 1.807) is 6.07 Å². The Balaban J connectivity index is 1.13. The van der Waals surface area contributed by atoms with E-state index in [9.17, 15) is 9.59 Å². The molecule has 3 amide bonds. The lowest BCUT2D eigenvalue weighted by Gasteiger charge is -2.32. The van der Waals surface area contributed by atoms with Crippen molar-refractivity contribution in [3.05, 3.63) is 65.2 Å². The Labute approximate surface area is 247 Å². The third kappa shape index (κ3) is 7.54. The molecule has 2 aliphatic rings. The maximum Gasteiger partial charge on any atom is 0.320 e. The van der Waals surface area contributed by atoms with Crippen LogP contribution in [0.5, 0.6) is 0 Å². The number of hydrogen-bond acceptors (Lipinski definition) is 7. The van der Waals surface area contributed by atoms with E-state index in [1.165, 1.54) is 5.56 Å². The third-order valence-corrected chi connectivity index (χ3v) is 7.90. The van der Waals surface area contributed by atoms with Crippen molar-refractivity contribution in [1.82, 2.24) is 30.8 Å². The van der Waals surface area contributed by atoms with Gasteiger partial charge in [0.05, 0.1) is 11.8 Å². The summed E-state index contributed by atoms with van der Waals surface area (Å²) in [7, 11) is 2.15. The van der Waals surface area contributed by atoms with Crippen LogP contribution in [0, 0.1) is 12.3 Å². The number of amides is 3. The van der Waals surface area contributed by atoms with Gasteiger partial charge >= 0.3 is 6.03 Å². The molecule has 11 heteroatoms. The van der Waals surface area contributed by atoms with Gasteiger partial charge in [0, 0.05) is 62.0 Å². The summed E-state index contributed by atoms with van der Waals surface area (Å²) in [6, 6.07) is 14.9. The largest absolute Gasteiger partial charge is 0.320 e. The molecular weight excluding hydrogens is 532 g/mol. The number of benzene rings is 2. The number of aryl methyl sites for hydroxylation is 1. The Kier molecular flexibility index (Phi) is 8.93. The SMILES string of the molecule is Cc1cc(-c2cc(NC(=O)c3ccc(CN4CCN(C)CC4)cc3)n[nH]2)ccc1NC(=O)N[C@H]1C[C@H](C(C)(C)C)ON1. The topological polar surface area (TPSA) is 127 Å². The van der Waals surface area contributed by atoms with Gasteiger partial charge < -0.3 is 20.9 Å². The Bertz CT molecular complexity index is 1390. The molecule has 2 atom stereocenters. The number of carbonyl (C=O) groups excluding carboxylic acids is 2. The van der Waals surface area contributed by atoms with Crippen LogP contribution in [0.25, 0.3) is 11.3 Å². The summed E-state index contributed by atoms with van der Waals surface area (Å²) >= 11 is 0. The molecule has 0 bridgehead atoms. The fraction of sp³-hybridized carbons (Fsp3) is 0.452. The van der Waals surface area contributed by atoms with Crippen LogP contribution < -0.4 is 21.4 Å². The minimum Gasteiger partial charge on any atom is -0.320 e. The van der Waals surface area contributed by atoms with Gasteiger partial charge in [-0.25, -0.2) is 4.79 Å². The van der Waals surface area contributed by atoms with Crippen molar-refractivity contribution in [2.45, 2.75) is 52.9 Å². The Hall–Kier alpha value is -3.77. The van der Waals surface area contributed by atoms with Crippen LogP contribution in [-0.4, -0.2) is 77.4 Å². The average Bonchev–Trinajstić information content (AvgIpc) is 3.61. The van der Waals surface area contributed by atoms with E-state index >= 15 is 0 Å². The van der Waals surface area contributed by atoms with E-state index in [4.69, 9.17) is 4.84 Å². The van der Waals surface area contributed by atoms with Gasteiger partial charge in [-0.3, -0.25) is 19.6 Å². The fourth-order valence-corrected chi connectivity index (χ4v) is 5.13. The van der Waals surface area contributed by atoms with Crippen molar-refractivity contribution in [3.63, 3.8) is 0 Å². The molecule has 2 fully saturated rings. The number of nitrogens with one attached hydrogen (secondary N) is 5. The number of anilines is 2. The maximum atomic E-state index is 12.8. The lowest BCUT2D eigenvalue weighted by atomic mass is 9.87. The number of aromatic amines is 1. The Morgan fingerprint density at radius 2 is 1.76 bits per heavy atom. The lowest BCUT2D eigenvalue weighted by molar-refractivity contribution is -0.0305. The van der Waals surface area contributed by atoms with Gasteiger partial charge in [-0.15, -0.1) is 0 Å². The van der Waals surface area contributed by atoms with Crippen LogP contribution in [0.15, 0.2) is 48.5 Å². The molecule has 2 saturated heterocycles. The highest BCUT2D eigenvalue weighted by Crippen LogP contribution is 2.29. The first-order chi connectivity index (χ1) is 20.0. The molecule has 42 heavy (non-hydrogen) atoms. The van der Waals surface area contributed by atoms with Gasteiger partial charge in [0.2, 0.25) is 0 Å². The van der Waals surface area contributed by atoms with Crippen LogP contribution >= 0.6 is 0 Å². The zero-order valence-electron chi connectivity index (χ0n) is 25.1. The number of likely N-dealkylation sites (N-methyl/N-ethyl adjacent to an activating group) is 1. The molecule has 11 nitrogen and oxygen atoms in total. The highest BCUT2D eigenvalue weighted by atomic mass is 16.7. The Morgan fingerprint density at radius 1 is 1.02 bits per heavy atom. The van der Waals surface area contributed by atoms with Crippen molar-refractivity contribution < 1.29 is 14.4 Å². The number of H-pyrrole nitrogens is 1. The summed E-state index contributed by atoms with van der Waals surface area (Å²) in [4.78, 5) is 35.8. The van der Waals surface area contributed by atoms with E-state index in [-0.39, 0.29) is 29.6 Å². The molecule has 0 radical (unpaired) electrons. The van der Waals surface area contributed by atoms with E-state index < -0.39 is 0 Å². The molecule has 0 aliphatic carbocycles. The smallest absolute Gasteiger partial charge is 0.320 e. The predicted octanol–water partition coefficient (Wildman–Crippen LogP) is 4.17. The molecule has 0 spiro atoms. The minimum atomic E-state index is -0.305. The zero-order valence-corrected chi connectivity index (χ0v) is 25.1. The minimum absolute atomic E-state index is 0.0161. The highest BCUT2D eigenvalue weighted by Gasteiger charge is 2.35. The molecule has 3 heterocycles. The second-order valence-electron chi connectivity index (χ2n) is 12.4. The molecule has 3 aromatic rings. The number of aromatic nitrogens is 2. The van der Waals surface area contributed by atoms with Crippen molar-refractivity contribution in [3.8, 4) is 11.3 Å². The van der Waals surface area contributed by atoms with E-state index in [0.29, 0.717) is 23.5 Å². The molecule has 1 aromatic heterocycles. The zero-order chi connectivity index (χ0) is 29.9. The number of rotatable bonds is 7. The van der Waals surface area contributed by atoms with Gasteiger partial charge in [-0.2, -0.15) is 10.6 Å². The van der Waals surface area contributed by atoms with Crippen LogP contribution in [0.2, 0.25) is 0 Å². The number of nitrogens with zero attached hydrogens (tertiary/aromatic N) is 3. The molecular formula is C31H42N8O3. The predicted molar refractivity (Wildman–Crippen MR) is 164 cm³/mol. The van der Waals surface area contributed by atoms with E-state index in [0.717, 1.165) is 49.5 Å². The number of hydroxylamine groups is 1. The van der Waals surface area contributed by atoms with Crippen molar-refractivity contribution in [2.24, 2.45) is 5.41 Å². The summed E-state index contributed by atoms with van der Waals surface area (Å²) in [5.41, 5.74) is 7.90. The van der Waals surface area contributed by atoms with E-state index in [1.807, 2.05) is 49.4 Å². The number of piperazine rings is 1. The molecule has 5 N–H and O–H groups in total. The van der Waals surface area contributed by atoms with Crippen LogP contribution in [0.4, 0.5) is 16.3 Å². The third-order valence-electron chi connectivity index (χ3n) is 7.90. The molecule has 0 saturated carbocycles. The molecule has 224 valence electrons. The summed E-state index contributed by atoms with van der Waals surface area (Å²) < 4.78 is 0. The number of carbonyl (C=O) groups is 2. The van der Waals surface area contributed by atoms with Gasteiger partial charge in [-0.05, 0) is 54.8 Å². The molecule has 0 unspecified atom stereocenters. The first-order valence-corrected chi connectivity index (χ1v) is 14.5. The second kappa shape index (κ2) is 12.6. The first-order valence-electron chi connectivity index (χ1n) is 14.5. The van der Waals surface area contributed by atoms with Gasteiger partial charge in [0.1, 0.15) is 6.17 Å². The fourth-order valence-electron chi connectivity index (χ4n) is 5.13.